The molecule has 4 rings (SSSR count). The molecule has 0 fully saturated rings. The predicted molar refractivity (Wildman–Crippen MR) is 108 cm³/mol. The minimum Gasteiger partial charge on any atom is -0.497 e. The first kappa shape index (κ1) is 18.3. The van der Waals surface area contributed by atoms with Gasteiger partial charge in [-0.15, -0.1) is 0 Å². The van der Waals surface area contributed by atoms with Crippen LogP contribution in [0.25, 0.3) is 0 Å². The molecule has 0 aromatic heterocycles. The molecule has 0 amide bonds. The molecule has 0 spiro atoms. The molecule has 4 nitrogen and oxygen atoms in total. The molecular weight excluding hydrogens is 352 g/mol. The van der Waals surface area contributed by atoms with E-state index in [4.69, 9.17) is 9.47 Å². The van der Waals surface area contributed by atoms with E-state index < -0.39 is 11.2 Å². The number of rotatable bonds is 4. The number of hydrogen-bond donors (Lipinski definition) is 2. The topological polar surface area (TPSA) is 58.9 Å². The first-order valence-electron chi connectivity index (χ1n) is 9.05. The largest absolute Gasteiger partial charge is 0.497 e. The van der Waals surface area contributed by atoms with Crippen LogP contribution < -0.4 is 9.47 Å². The number of benzene rings is 3. The van der Waals surface area contributed by atoms with Crippen molar-refractivity contribution in [3.8, 4) is 11.5 Å². The maximum Gasteiger partial charge on any atom is 0.134 e. The number of fused-ring (bicyclic) bond motifs is 1. The Labute approximate surface area is 164 Å². The molecule has 2 N–H and O–H groups in total. The van der Waals surface area contributed by atoms with Crippen molar-refractivity contribution >= 4 is 0 Å². The fourth-order valence-corrected chi connectivity index (χ4v) is 3.79. The number of hydrogen-bond acceptors (Lipinski definition) is 4. The summed E-state index contributed by atoms with van der Waals surface area (Å²) in [4.78, 5) is 0. The van der Waals surface area contributed by atoms with Gasteiger partial charge in [-0.1, -0.05) is 48.5 Å². The lowest BCUT2D eigenvalue weighted by atomic mass is 9.71. The molecule has 2 atom stereocenters. The van der Waals surface area contributed by atoms with E-state index in [2.05, 4.69) is 0 Å². The van der Waals surface area contributed by atoms with Gasteiger partial charge in [-0.3, -0.25) is 0 Å². The summed E-state index contributed by atoms with van der Waals surface area (Å²) in [6.07, 6.45) is 3.28. The second kappa shape index (κ2) is 6.82. The fourth-order valence-electron chi connectivity index (χ4n) is 3.79. The zero-order valence-corrected chi connectivity index (χ0v) is 15.8. The van der Waals surface area contributed by atoms with Crippen LogP contribution in [0.3, 0.4) is 0 Å². The van der Waals surface area contributed by atoms with Crippen molar-refractivity contribution in [3.05, 3.63) is 107 Å². The summed E-state index contributed by atoms with van der Waals surface area (Å²) in [5.41, 5.74) is -0.175. The molecule has 3 aromatic rings. The molecule has 1 aliphatic carbocycles. The SMILES string of the molecule is COc1cccc(C2(O)C=CC(O)(c3cccc(OC)c3)c3ccccc32)c1. The van der Waals surface area contributed by atoms with Gasteiger partial charge >= 0.3 is 0 Å². The molecule has 142 valence electrons. The monoisotopic (exact) mass is 374 g/mol. The molecule has 0 aliphatic heterocycles. The smallest absolute Gasteiger partial charge is 0.134 e. The normalized spacial score (nSPS) is 23.1. The molecule has 0 saturated carbocycles. The maximum absolute atomic E-state index is 11.6. The van der Waals surface area contributed by atoms with Crippen LogP contribution in [0.1, 0.15) is 22.3 Å². The summed E-state index contributed by atoms with van der Waals surface area (Å²) < 4.78 is 10.6. The predicted octanol–water partition coefficient (Wildman–Crippen LogP) is 3.75. The number of aliphatic hydroxyl groups is 2. The highest BCUT2D eigenvalue weighted by Crippen LogP contribution is 2.46. The van der Waals surface area contributed by atoms with Gasteiger partial charge in [-0.05, 0) is 58.7 Å². The molecule has 1 aliphatic rings. The summed E-state index contributed by atoms with van der Waals surface area (Å²) in [6, 6.07) is 22.0. The highest BCUT2D eigenvalue weighted by atomic mass is 16.5. The van der Waals surface area contributed by atoms with Crippen LogP contribution in [-0.4, -0.2) is 24.4 Å². The summed E-state index contributed by atoms with van der Waals surface area (Å²) in [6.45, 7) is 0. The van der Waals surface area contributed by atoms with E-state index in [0.29, 0.717) is 33.8 Å². The van der Waals surface area contributed by atoms with Crippen LogP contribution in [0.15, 0.2) is 84.9 Å². The Bertz CT molecular complexity index is 960. The molecule has 0 heterocycles. The van der Waals surface area contributed by atoms with Gasteiger partial charge in [-0.2, -0.15) is 0 Å². The standard InChI is InChI=1S/C24H22O4/c1-27-19-9-5-7-17(15-19)23(25)13-14-24(26,22-12-4-3-11-21(22)23)18-8-6-10-20(16-18)28-2/h3-16,25-26H,1-2H3. The quantitative estimate of drug-likeness (QED) is 0.683. The summed E-state index contributed by atoms with van der Waals surface area (Å²) in [5.74, 6) is 1.32. The Morgan fingerprint density at radius 3 is 1.43 bits per heavy atom. The van der Waals surface area contributed by atoms with Crippen molar-refractivity contribution in [1.82, 2.24) is 0 Å². The van der Waals surface area contributed by atoms with E-state index in [0.717, 1.165) is 0 Å². The van der Waals surface area contributed by atoms with Gasteiger partial charge in [0.1, 0.15) is 22.7 Å². The highest BCUT2D eigenvalue weighted by Gasteiger charge is 2.43. The lowest BCUT2D eigenvalue weighted by molar-refractivity contribution is 0.0901. The Hall–Kier alpha value is -3.08. The third kappa shape index (κ3) is 2.78. The first-order valence-corrected chi connectivity index (χ1v) is 9.05. The van der Waals surface area contributed by atoms with E-state index in [1.54, 1.807) is 38.5 Å². The van der Waals surface area contributed by atoms with Gasteiger partial charge in [0.15, 0.2) is 0 Å². The highest BCUT2D eigenvalue weighted by molar-refractivity contribution is 5.57. The van der Waals surface area contributed by atoms with E-state index in [1.165, 1.54) is 0 Å². The van der Waals surface area contributed by atoms with Crippen LogP contribution >= 0.6 is 0 Å². The van der Waals surface area contributed by atoms with Crippen LogP contribution in [0.2, 0.25) is 0 Å². The average Bonchev–Trinajstić information content (AvgIpc) is 2.77. The lowest BCUT2D eigenvalue weighted by Gasteiger charge is -2.39. The second-order valence-corrected chi connectivity index (χ2v) is 6.88. The second-order valence-electron chi connectivity index (χ2n) is 6.88. The van der Waals surface area contributed by atoms with Gasteiger partial charge in [0, 0.05) is 0 Å². The Morgan fingerprint density at radius 1 is 0.607 bits per heavy atom. The van der Waals surface area contributed by atoms with Crippen LogP contribution in [0, 0.1) is 0 Å². The van der Waals surface area contributed by atoms with Crippen LogP contribution in [0.5, 0.6) is 11.5 Å². The maximum atomic E-state index is 11.6. The van der Waals surface area contributed by atoms with Crippen molar-refractivity contribution in [2.45, 2.75) is 11.2 Å². The van der Waals surface area contributed by atoms with Gasteiger partial charge in [0.05, 0.1) is 14.2 Å². The number of ether oxygens (including phenoxy) is 2. The van der Waals surface area contributed by atoms with Gasteiger partial charge in [0.25, 0.3) is 0 Å². The van der Waals surface area contributed by atoms with E-state index >= 15 is 0 Å². The Morgan fingerprint density at radius 2 is 1.04 bits per heavy atom. The molecule has 0 bridgehead atoms. The molecule has 0 radical (unpaired) electrons. The van der Waals surface area contributed by atoms with E-state index in [-0.39, 0.29) is 0 Å². The minimum atomic E-state index is -1.38. The third-order valence-corrected chi connectivity index (χ3v) is 5.33. The van der Waals surface area contributed by atoms with E-state index in [9.17, 15) is 10.2 Å². The molecule has 2 unspecified atom stereocenters. The van der Waals surface area contributed by atoms with Gasteiger partial charge in [-0.25, -0.2) is 0 Å². The zero-order valence-electron chi connectivity index (χ0n) is 15.8. The Balaban J connectivity index is 1.91. The summed E-state index contributed by atoms with van der Waals surface area (Å²) in [7, 11) is 3.19. The summed E-state index contributed by atoms with van der Waals surface area (Å²) >= 11 is 0. The van der Waals surface area contributed by atoms with Crippen molar-refractivity contribution in [2.75, 3.05) is 14.2 Å². The van der Waals surface area contributed by atoms with Crippen molar-refractivity contribution < 1.29 is 19.7 Å². The van der Waals surface area contributed by atoms with Gasteiger partial charge < -0.3 is 19.7 Å². The van der Waals surface area contributed by atoms with Crippen molar-refractivity contribution in [3.63, 3.8) is 0 Å². The summed E-state index contributed by atoms with van der Waals surface area (Å²) in [5, 5.41) is 23.2. The molecule has 3 aromatic carbocycles. The van der Waals surface area contributed by atoms with Crippen molar-refractivity contribution in [1.29, 1.82) is 0 Å². The fraction of sp³-hybridized carbons (Fsp3) is 0.167. The van der Waals surface area contributed by atoms with Crippen LogP contribution in [-0.2, 0) is 11.2 Å². The minimum absolute atomic E-state index is 0.621. The third-order valence-electron chi connectivity index (χ3n) is 5.33. The first-order chi connectivity index (χ1) is 13.5. The molecule has 28 heavy (non-hydrogen) atoms. The zero-order chi connectivity index (χ0) is 19.8. The van der Waals surface area contributed by atoms with E-state index in [1.807, 2.05) is 60.7 Å². The molecule has 4 heteroatoms. The average molecular weight is 374 g/mol. The molecule has 0 saturated heterocycles. The van der Waals surface area contributed by atoms with Crippen molar-refractivity contribution in [2.24, 2.45) is 0 Å². The molecular formula is C24H22O4. The van der Waals surface area contributed by atoms with Gasteiger partial charge in [0.2, 0.25) is 0 Å². The Kier molecular flexibility index (Phi) is 4.46. The van der Waals surface area contributed by atoms with Crippen LogP contribution in [0.4, 0.5) is 0 Å². The lowest BCUT2D eigenvalue weighted by Crippen LogP contribution is -2.37. The number of methoxy groups -OCH3 is 2.